The van der Waals surface area contributed by atoms with Gasteiger partial charge in [0, 0.05) is 34.1 Å². The van der Waals surface area contributed by atoms with Gasteiger partial charge in [0.2, 0.25) is 13.4 Å². The smallest absolute Gasteiger partial charge is 0.256 e. The van der Waals surface area contributed by atoms with Gasteiger partial charge in [-0.1, -0.05) is 160 Å². The van der Waals surface area contributed by atoms with Crippen molar-refractivity contribution >= 4 is 127 Å². The van der Waals surface area contributed by atoms with Crippen LogP contribution >= 0.6 is 0 Å². The Bertz CT molecular complexity index is 3500. The number of hydrogen-bond donors (Lipinski definition) is 0. The van der Waals surface area contributed by atoms with E-state index in [-0.39, 0.29) is 26.9 Å². The van der Waals surface area contributed by atoms with Gasteiger partial charge in [-0.3, -0.25) is 0 Å². The first kappa shape index (κ1) is 38.5. The van der Waals surface area contributed by atoms with E-state index in [1.807, 2.05) is 0 Å². The summed E-state index contributed by atoms with van der Waals surface area (Å²) in [7, 11) is 0. The van der Waals surface area contributed by atoms with Crippen LogP contribution in [0.2, 0.25) is 0 Å². The highest BCUT2D eigenvalue weighted by atomic mass is 16.5. The lowest BCUT2D eigenvalue weighted by molar-refractivity contribution is 0.487. The van der Waals surface area contributed by atoms with Crippen LogP contribution in [0.15, 0.2) is 158 Å². The Hall–Kier alpha value is -7.56. The Morgan fingerprint density at radius 1 is 0.294 bits per heavy atom. The first-order valence-electron chi connectivity index (χ1n) is 24.2. The molecule has 0 spiro atoms. The van der Waals surface area contributed by atoms with Crippen molar-refractivity contribution in [1.29, 1.82) is 0 Å². The summed E-state index contributed by atoms with van der Waals surface area (Å²) in [6.07, 6.45) is 0. The normalized spacial score (nSPS) is 14.4. The van der Waals surface area contributed by atoms with Crippen LogP contribution < -0.4 is 84.8 Å². The second kappa shape index (κ2) is 13.5. The van der Waals surface area contributed by atoms with E-state index < -0.39 is 0 Å². The van der Waals surface area contributed by atoms with Crippen LogP contribution in [0, 0.1) is 41.5 Å². The summed E-state index contributed by atoms with van der Waals surface area (Å²) >= 11 is 0. The first-order chi connectivity index (χ1) is 33.2. The van der Waals surface area contributed by atoms with E-state index in [4.69, 9.17) is 9.47 Å². The van der Waals surface area contributed by atoms with E-state index in [1.54, 1.807) is 0 Å². The van der Waals surface area contributed by atoms with Crippen LogP contribution in [0.5, 0.6) is 23.0 Å². The zero-order valence-electron chi connectivity index (χ0n) is 39.0. The summed E-state index contributed by atoms with van der Waals surface area (Å²) in [5.41, 5.74) is 30.8. The number of para-hydroxylation sites is 4. The maximum absolute atomic E-state index is 6.99. The summed E-state index contributed by atoms with van der Waals surface area (Å²) in [5.74, 6) is 3.71. The van der Waals surface area contributed by atoms with Crippen molar-refractivity contribution in [1.82, 2.24) is 0 Å². The van der Waals surface area contributed by atoms with Crippen molar-refractivity contribution in [3.63, 3.8) is 0 Å². The van der Waals surface area contributed by atoms with E-state index in [0.29, 0.717) is 0 Å². The van der Waals surface area contributed by atoms with E-state index >= 15 is 0 Å². The lowest BCUT2D eigenvalue weighted by Gasteiger charge is -2.49. The van der Waals surface area contributed by atoms with Gasteiger partial charge in [0.15, 0.2) is 0 Å². The van der Waals surface area contributed by atoms with Crippen LogP contribution in [-0.4, -0.2) is 26.9 Å². The van der Waals surface area contributed by atoms with Gasteiger partial charge in [0.1, 0.15) is 23.0 Å². The third-order valence-electron chi connectivity index (χ3n) is 16.3. The molecule has 0 radical (unpaired) electrons. The first-order valence-corrected chi connectivity index (χ1v) is 24.2. The quantitative estimate of drug-likeness (QED) is 0.199. The Morgan fingerprint density at radius 3 is 1.09 bits per heavy atom. The summed E-state index contributed by atoms with van der Waals surface area (Å²) in [6.45, 7) is 13.6. The van der Waals surface area contributed by atoms with Crippen LogP contribution in [0.4, 0.5) is 34.1 Å². The maximum Gasteiger partial charge on any atom is 0.256 e. The molecule has 6 heterocycles. The van der Waals surface area contributed by atoms with Gasteiger partial charge in [-0.2, -0.15) is 0 Å². The summed E-state index contributed by atoms with van der Waals surface area (Å²) < 4.78 is 14.0. The Kier molecular flexibility index (Phi) is 7.67. The average molecular weight is 868 g/mol. The van der Waals surface area contributed by atoms with Crippen LogP contribution in [0.25, 0.3) is 0 Å². The third-order valence-corrected chi connectivity index (χ3v) is 16.3. The van der Waals surface area contributed by atoms with Gasteiger partial charge in [-0.15, -0.1) is 0 Å². The van der Waals surface area contributed by atoms with Crippen LogP contribution in [0.3, 0.4) is 0 Å². The molecule has 9 aromatic carbocycles. The number of benzene rings is 9. The summed E-state index contributed by atoms with van der Waals surface area (Å²) in [6, 6.07) is 59.7. The molecule has 0 atom stereocenters. The topological polar surface area (TPSA) is 24.9 Å². The summed E-state index contributed by atoms with van der Waals surface area (Å²) in [4.78, 5) is 5.23. The Morgan fingerprint density at radius 2 is 0.662 bits per heavy atom. The largest absolute Gasteiger partial charge is 0.458 e. The zero-order valence-corrected chi connectivity index (χ0v) is 39.0. The van der Waals surface area contributed by atoms with Crippen molar-refractivity contribution < 1.29 is 9.47 Å². The lowest BCUT2D eigenvalue weighted by atomic mass is 9.27. The molecule has 0 bridgehead atoms. The molecule has 318 valence electrons. The number of fused-ring (bicyclic) bond motifs is 14. The minimum Gasteiger partial charge on any atom is -0.458 e. The van der Waals surface area contributed by atoms with Crippen LogP contribution in [0.1, 0.15) is 33.4 Å². The molecule has 0 amide bonds. The molecule has 6 aliphatic rings. The second-order valence-electron chi connectivity index (χ2n) is 20.2. The van der Waals surface area contributed by atoms with E-state index in [9.17, 15) is 0 Å². The van der Waals surface area contributed by atoms with Gasteiger partial charge >= 0.3 is 0 Å². The van der Waals surface area contributed by atoms with Crippen molar-refractivity contribution in [2.24, 2.45) is 0 Å². The fourth-order valence-corrected chi connectivity index (χ4v) is 14.1. The average Bonchev–Trinajstić information content (AvgIpc) is 3.34. The number of hydrogen-bond acceptors (Lipinski definition) is 4. The maximum atomic E-state index is 6.99. The zero-order chi connectivity index (χ0) is 45.4. The molecular formula is C60H44B4N2O2. The molecule has 0 aromatic heterocycles. The number of anilines is 6. The van der Waals surface area contributed by atoms with Crippen molar-refractivity contribution in [2.75, 3.05) is 9.80 Å². The molecule has 8 heteroatoms. The van der Waals surface area contributed by atoms with Crippen molar-refractivity contribution in [3.8, 4) is 23.0 Å². The molecule has 68 heavy (non-hydrogen) atoms. The lowest BCUT2D eigenvalue weighted by Crippen LogP contribution is -2.69. The molecular weight excluding hydrogens is 824 g/mol. The van der Waals surface area contributed by atoms with Gasteiger partial charge in [0.25, 0.3) is 13.4 Å². The second-order valence-corrected chi connectivity index (χ2v) is 20.2. The standard InChI is InChI=1S/C60H44B4N2O2/c1-33-27-35(3)55(36(4)28-33)61-39-15-7-11-19-47(39)65-49-32-50-46(31-45(49)63-41-17-9-13-21-51(41)67-53-25-23-43(61)59(65)57(53)63)64-42-18-10-14-22-52(42)68-54-26-24-44-60(58(54)64)66(50)48-20-12-8-16-40(48)62(44)56-37(5)29-34(2)30-38(56)6/h7-32H,1-6H3. The molecule has 4 nitrogen and oxygen atoms in total. The number of rotatable bonds is 2. The number of nitrogens with zero attached hydrogens (tertiary/aromatic N) is 2. The minimum absolute atomic E-state index is 0.0477. The molecule has 0 unspecified atom stereocenters. The van der Waals surface area contributed by atoms with Gasteiger partial charge < -0.3 is 19.3 Å². The highest BCUT2D eigenvalue weighted by Crippen LogP contribution is 2.47. The predicted molar refractivity (Wildman–Crippen MR) is 289 cm³/mol. The van der Waals surface area contributed by atoms with Crippen molar-refractivity contribution in [3.05, 3.63) is 191 Å². The van der Waals surface area contributed by atoms with E-state index in [0.717, 1.165) is 23.0 Å². The highest BCUT2D eigenvalue weighted by molar-refractivity contribution is 7.05. The molecule has 0 saturated carbocycles. The van der Waals surface area contributed by atoms with E-state index in [2.05, 4.69) is 209 Å². The molecule has 0 N–H and O–H groups in total. The number of ether oxygens (including phenoxy) is 2. The van der Waals surface area contributed by atoms with Crippen LogP contribution in [-0.2, 0) is 0 Å². The minimum atomic E-state index is -0.0552. The fourth-order valence-electron chi connectivity index (χ4n) is 14.1. The number of aryl methyl sites for hydroxylation is 6. The summed E-state index contributed by atoms with van der Waals surface area (Å²) in [5, 5.41) is 0. The Labute approximate surface area is 399 Å². The van der Waals surface area contributed by atoms with Crippen molar-refractivity contribution in [2.45, 2.75) is 41.5 Å². The van der Waals surface area contributed by atoms with Gasteiger partial charge in [0.05, 0.1) is 0 Å². The molecule has 0 fully saturated rings. The van der Waals surface area contributed by atoms with E-state index in [1.165, 1.54) is 133 Å². The Balaban J connectivity index is 1.06. The molecule has 0 aliphatic carbocycles. The molecule has 15 rings (SSSR count). The predicted octanol–water partition coefficient (Wildman–Crippen LogP) is 6.01. The molecule has 6 aliphatic heterocycles. The van der Waals surface area contributed by atoms with Gasteiger partial charge in [-0.05, 0) is 139 Å². The third kappa shape index (κ3) is 4.90. The highest BCUT2D eigenvalue weighted by Gasteiger charge is 2.52. The SMILES string of the molecule is Cc1cc(C)c(B2c3ccccc3N3c4cc5c(cc4B4c6ccccc6Oc6ccc2c3c64)B2c3ccccc3Oc3ccc4c(c32)N5c2ccccc2B4c2c(C)cc(C)cc2C)c(C)c1. The molecule has 0 saturated heterocycles. The molecule has 9 aromatic rings. The fraction of sp³-hybridized carbons (Fsp3) is 0.100. The monoisotopic (exact) mass is 868 g/mol. The van der Waals surface area contributed by atoms with Gasteiger partial charge in [-0.25, -0.2) is 0 Å².